The lowest BCUT2D eigenvalue weighted by molar-refractivity contribution is -0.126. The first-order chi connectivity index (χ1) is 15.2. The molecule has 0 spiro atoms. The van der Waals surface area contributed by atoms with Crippen LogP contribution >= 0.6 is 11.8 Å². The van der Waals surface area contributed by atoms with Crippen molar-refractivity contribution in [3.63, 3.8) is 0 Å². The zero-order valence-corrected chi connectivity index (χ0v) is 18.9. The van der Waals surface area contributed by atoms with E-state index in [1.165, 1.54) is 38.2 Å². The van der Waals surface area contributed by atoms with E-state index in [1.807, 2.05) is 6.26 Å². The molecular formula is C22H31N5O3S. The van der Waals surface area contributed by atoms with Crippen LogP contribution in [0, 0.1) is 5.92 Å². The van der Waals surface area contributed by atoms with Crippen LogP contribution in [0.15, 0.2) is 28.2 Å². The first-order valence-electron chi connectivity index (χ1n) is 11.2. The highest BCUT2D eigenvalue weighted by Gasteiger charge is 2.28. The number of amides is 2. The second-order valence-corrected chi connectivity index (χ2v) is 9.16. The minimum atomic E-state index is -0.0290. The molecule has 0 aromatic carbocycles. The van der Waals surface area contributed by atoms with Crippen LogP contribution in [0.5, 0.6) is 0 Å². The molecule has 0 atom stereocenters. The van der Waals surface area contributed by atoms with E-state index >= 15 is 0 Å². The number of furan rings is 1. The fraction of sp³-hybridized carbons (Fsp3) is 0.636. The van der Waals surface area contributed by atoms with Crippen LogP contribution in [0.1, 0.15) is 67.2 Å². The van der Waals surface area contributed by atoms with Gasteiger partial charge >= 0.3 is 0 Å². The largest absolute Gasteiger partial charge is 0.472 e. The lowest BCUT2D eigenvalue weighted by Gasteiger charge is -2.31. The highest BCUT2D eigenvalue weighted by Crippen LogP contribution is 2.33. The fourth-order valence-corrected chi connectivity index (χ4v) is 5.24. The minimum Gasteiger partial charge on any atom is -0.472 e. The Morgan fingerprint density at radius 3 is 2.65 bits per heavy atom. The van der Waals surface area contributed by atoms with E-state index in [4.69, 9.17) is 4.42 Å². The van der Waals surface area contributed by atoms with Gasteiger partial charge in [0.05, 0.1) is 11.8 Å². The molecule has 2 aromatic heterocycles. The predicted molar refractivity (Wildman–Crippen MR) is 118 cm³/mol. The number of thioether (sulfide) groups is 1. The van der Waals surface area contributed by atoms with E-state index < -0.39 is 0 Å². The Morgan fingerprint density at radius 2 is 1.97 bits per heavy atom. The van der Waals surface area contributed by atoms with Gasteiger partial charge in [0.15, 0.2) is 5.16 Å². The monoisotopic (exact) mass is 445 g/mol. The number of carbonyl (C=O) groups excluding carboxylic acids is 2. The number of aryl methyl sites for hydroxylation is 1. The van der Waals surface area contributed by atoms with E-state index in [2.05, 4.69) is 20.1 Å². The van der Waals surface area contributed by atoms with Crippen molar-refractivity contribution in [2.75, 3.05) is 25.9 Å². The maximum absolute atomic E-state index is 12.6. The molecule has 3 heterocycles. The lowest BCUT2D eigenvalue weighted by atomic mass is 9.95. The highest BCUT2D eigenvalue weighted by molar-refractivity contribution is 7.98. The summed E-state index contributed by atoms with van der Waals surface area (Å²) in [7, 11) is 0. The molecule has 168 valence electrons. The molecular weight excluding hydrogens is 414 g/mol. The average Bonchev–Trinajstić information content (AvgIpc) is 3.57. The second kappa shape index (κ2) is 10.3. The summed E-state index contributed by atoms with van der Waals surface area (Å²) in [5.41, 5.74) is 0.568. The first-order valence-corrected chi connectivity index (χ1v) is 12.5. The van der Waals surface area contributed by atoms with Gasteiger partial charge in [-0.2, -0.15) is 0 Å². The van der Waals surface area contributed by atoms with Crippen LogP contribution < -0.4 is 5.32 Å². The molecule has 9 heteroatoms. The smallest absolute Gasteiger partial charge is 0.257 e. The number of aromatic nitrogens is 3. The van der Waals surface area contributed by atoms with Crippen LogP contribution in [-0.2, 0) is 11.2 Å². The second-order valence-electron chi connectivity index (χ2n) is 8.38. The molecule has 8 nitrogen and oxygen atoms in total. The molecule has 1 N–H and O–H groups in total. The van der Waals surface area contributed by atoms with Gasteiger partial charge in [0.25, 0.3) is 5.91 Å². The van der Waals surface area contributed by atoms with Crippen molar-refractivity contribution in [1.82, 2.24) is 25.0 Å². The van der Waals surface area contributed by atoms with Crippen LogP contribution in [0.2, 0.25) is 0 Å². The quantitative estimate of drug-likeness (QED) is 0.495. The van der Waals surface area contributed by atoms with E-state index in [1.54, 1.807) is 22.7 Å². The predicted octanol–water partition coefficient (Wildman–Crippen LogP) is 3.31. The molecule has 0 bridgehead atoms. The summed E-state index contributed by atoms with van der Waals surface area (Å²) in [6.07, 6.45) is 13.1. The average molecular weight is 446 g/mol. The highest BCUT2D eigenvalue weighted by atomic mass is 32.2. The van der Waals surface area contributed by atoms with Gasteiger partial charge in [0.1, 0.15) is 12.1 Å². The number of nitrogens with one attached hydrogen (secondary N) is 1. The molecule has 2 aliphatic rings. The van der Waals surface area contributed by atoms with Gasteiger partial charge in [-0.05, 0) is 44.4 Å². The maximum atomic E-state index is 12.6. The molecule has 31 heavy (non-hydrogen) atoms. The number of likely N-dealkylation sites (tertiary alicyclic amines) is 1. The zero-order valence-electron chi connectivity index (χ0n) is 18.1. The van der Waals surface area contributed by atoms with Crippen molar-refractivity contribution in [3.05, 3.63) is 30.0 Å². The van der Waals surface area contributed by atoms with Gasteiger partial charge in [0.2, 0.25) is 5.91 Å². The van der Waals surface area contributed by atoms with Gasteiger partial charge < -0.3 is 19.2 Å². The summed E-state index contributed by atoms with van der Waals surface area (Å²) in [5.74, 6) is 1.08. The Hall–Kier alpha value is -2.29. The molecule has 0 radical (unpaired) electrons. The molecule has 2 fully saturated rings. The van der Waals surface area contributed by atoms with Crippen molar-refractivity contribution < 1.29 is 14.0 Å². The normalized spacial score (nSPS) is 17.9. The third-order valence-electron chi connectivity index (χ3n) is 6.41. The maximum Gasteiger partial charge on any atom is 0.257 e. The van der Waals surface area contributed by atoms with E-state index in [-0.39, 0.29) is 17.7 Å². The van der Waals surface area contributed by atoms with Gasteiger partial charge in [-0.1, -0.05) is 24.6 Å². The van der Waals surface area contributed by atoms with E-state index in [0.717, 1.165) is 23.8 Å². The minimum absolute atomic E-state index is 0.0244. The summed E-state index contributed by atoms with van der Waals surface area (Å²) >= 11 is 1.65. The summed E-state index contributed by atoms with van der Waals surface area (Å²) in [6.45, 7) is 1.84. The molecule has 2 aromatic rings. The van der Waals surface area contributed by atoms with Crippen molar-refractivity contribution in [2.24, 2.45) is 5.92 Å². The SMILES string of the molecule is CSc1nnc(CCCNC(=O)C2CCN(C(=O)c3ccoc3)CC2)n1C1CCCC1. The molecule has 0 unspecified atom stereocenters. The number of hydrogen-bond donors (Lipinski definition) is 1. The van der Waals surface area contributed by atoms with Crippen molar-refractivity contribution in [1.29, 1.82) is 0 Å². The number of nitrogens with zero attached hydrogens (tertiary/aromatic N) is 4. The Balaban J connectivity index is 1.20. The van der Waals surface area contributed by atoms with Crippen LogP contribution in [-0.4, -0.2) is 57.4 Å². The van der Waals surface area contributed by atoms with Crippen molar-refractivity contribution in [2.45, 2.75) is 62.6 Å². The number of hydrogen-bond acceptors (Lipinski definition) is 6. The van der Waals surface area contributed by atoms with Crippen LogP contribution in [0.3, 0.4) is 0 Å². The molecule has 4 rings (SSSR count). The third kappa shape index (κ3) is 5.14. The van der Waals surface area contributed by atoms with Gasteiger partial charge in [0, 0.05) is 38.0 Å². The molecule has 1 aliphatic heterocycles. The summed E-state index contributed by atoms with van der Waals surface area (Å²) < 4.78 is 7.32. The lowest BCUT2D eigenvalue weighted by Crippen LogP contribution is -2.43. The Labute approximate surface area is 187 Å². The van der Waals surface area contributed by atoms with Crippen LogP contribution in [0.4, 0.5) is 0 Å². The van der Waals surface area contributed by atoms with E-state index in [9.17, 15) is 9.59 Å². The number of carbonyl (C=O) groups is 2. The summed E-state index contributed by atoms with van der Waals surface area (Å²) in [6, 6.07) is 2.20. The number of piperidine rings is 1. The van der Waals surface area contributed by atoms with Gasteiger partial charge in [-0.25, -0.2) is 0 Å². The summed E-state index contributed by atoms with van der Waals surface area (Å²) in [4.78, 5) is 26.8. The van der Waals surface area contributed by atoms with Crippen LogP contribution in [0.25, 0.3) is 0 Å². The summed E-state index contributed by atoms with van der Waals surface area (Å²) in [5, 5.41) is 12.9. The zero-order chi connectivity index (χ0) is 21.6. The first kappa shape index (κ1) is 21.9. The molecule has 1 saturated heterocycles. The standard InChI is InChI=1S/C22H31N5O3S/c1-31-22-25-24-19(27(22)18-5-2-3-6-18)7-4-11-23-20(28)16-8-12-26(13-9-16)21(29)17-10-14-30-15-17/h10,14-16,18H,2-9,11-13H2,1H3,(H,23,28). The van der Waals surface area contributed by atoms with Crippen molar-refractivity contribution in [3.8, 4) is 0 Å². The van der Waals surface area contributed by atoms with Crippen molar-refractivity contribution >= 4 is 23.6 Å². The molecule has 1 aliphatic carbocycles. The molecule has 2 amide bonds. The Morgan fingerprint density at radius 1 is 1.19 bits per heavy atom. The molecule has 1 saturated carbocycles. The Bertz CT molecular complexity index is 868. The number of rotatable bonds is 8. The fourth-order valence-electron chi connectivity index (χ4n) is 4.66. The Kier molecular flexibility index (Phi) is 7.32. The topological polar surface area (TPSA) is 93.3 Å². The van der Waals surface area contributed by atoms with E-state index in [0.29, 0.717) is 44.1 Å². The third-order valence-corrected chi connectivity index (χ3v) is 7.05. The van der Waals surface area contributed by atoms with Gasteiger partial charge in [-0.3, -0.25) is 9.59 Å². The van der Waals surface area contributed by atoms with Gasteiger partial charge in [-0.15, -0.1) is 10.2 Å².